The molecule has 108 valence electrons. The molecular formula is C14H19ClN4O. The molecule has 20 heavy (non-hydrogen) atoms. The lowest BCUT2D eigenvalue weighted by atomic mass is 10.1. The molecule has 0 fully saturated rings. The van der Waals surface area contributed by atoms with Gasteiger partial charge in [0, 0.05) is 24.3 Å². The van der Waals surface area contributed by atoms with Crippen molar-refractivity contribution >= 4 is 24.0 Å². The predicted octanol–water partition coefficient (Wildman–Crippen LogP) is 2.29. The first kappa shape index (κ1) is 16.2. The van der Waals surface area contributed by atoms with Gasteiger partial charge in [-0.3, -0.25) is 9.89 Å². The van der Waals surface area contributed by atoms with E-state index in [0.717, 1.165) is 16.9 Å². The van der Waals surface area contributed by atoms with Gasteiger partial charge in [0.2, 0.25) is 5.91 Å². The van der Waals surface area contributed by atoms with Gasteiger partial charge < -0.3 is 10.6 Å². The van der Waals surface area contributed by atoms with E-state index in [2.05, 4.69) is 20.8 Å². The third-order valence-electron chi connectivity index (χ3n) is 2.92. The average molecular weight is 295 g/mol. The van der Waals surface area contributed by atoms with Crippen molar-refractivity contribution < 1.29 is 4.79 Å². The van der Waals surface area contributed by atoms with Crippen LogP contribution in [0.2, 0.25) is 0 Å². The molecule has 0 bridgehead atoms. The molecule has 0 saturated carbocycles. The summed E-state index contributed by atoms with van der Waals surface area (Å²) in [6, 6.07) is 9.58. The van der Waals surface area contributed by atoms with Gasteiger partial charge in [-0.2, -0.15) is 5.10 Å². The smallest absolute Gasteiger partial charge is 0.228 e. The Morgan fingerprint density at radius 1 is 1.30 bits per heavy atom. The molecule has 0 radical (unpaired) electrons. The normalized spacial score (nSPS) is 11.5. The van der Waals surface area contributed by atoms with Crippen LogP contribution in [0, 0.1) is 5.92 Å². The number of anilines is 1. The fourth-order valence-corrected chi connectivity index (χ4v) is 1.81. The van der Waals surface area contributed by atoms with E-state index in [1.165, 1.54) is 0 Å². The number of hydrogen-bond acceptors (Lipinski definition) is 3. The summed E-state index contributed by atoms with van der Waals surface area (Å²) >= 11 is 0. The predicted molar refractivity (Wildman–Crippen MR) is 83.0 cm³/mol. The van der Waals surface area contributed by atoms with Crippen LogP contribution in [-0.2, 0) is 4.79 Å². The van der Waals surface area contributed by atoms with Crippen LogP contribution < -0.4 is 10.6 Å². The van der Waals surface area contributed by atoms with Crippen molar-refractivity contribution in [3.63, 3.8) is 0 Å². The summed E-state index contributed by atoms with van der Waals surface area (Å²) in [5.41, 5.74) is 2.80. The third-order valence-corrected chi connectivity index (χ3v) is 2.92. The first-order valence-electron chi connectivity index (χ1n) is 6.26. The van der Waals surface area contributed by atoms with Gasteiger partial charge in [0.15, 0.2) is 0 Å². The number of benzene rings is 1. The molecule has 5 nitrogen and oxygen atoms in total. The van der Waals surface area contributed by atoms with Crippen LogP contribution in [0.5, 0.6) is 0 Å². The van der Waals surface area contributed by atoms with E-state index in [1.54, 1.807) is 6.20 Å². The molecule has 6 heteroatoms. The second-order valence-corrected chi connectivity index (χ2v) is 4.50. The summed E-state index contributed by atoms with van der Waals surface area (Å²) < 4.78 is 0. The van der Waals surface area contributed by atoms with Crippen LogP contribution in [0.3, 0.4) is 0 Å². The monoisotopic (exact) mass is 294 g/mol. The van der Waals surface area contributed by atoms with Gasteiger partial charge in [0.05, 0.1) is 5.69 Å². The molecule has 1 heterocycles. The Balaban J connectivity index is 0.00000200. The van der Waals surface area contributed by atoms with E-state index in [-0.39, 0.29) is 24.2 Å². The average Bonchev–Trinajstić information content (AvgIpc) is 2.94. The summed E-state index contributed by atoms with van der Waals surface area (Å²) in [5.74, 6) is -0.0408. The third kappa shape index (κ3) is 4.08. The summed E-state index contributed by atoms with van der Waals surface area (Å²) in [6.45, 7) is 2.56. The second-order valence-electron chi connectivity index (χ2n) is 4.50. The Kier molecular flexibility index (Phi) is 6.21. The highest BCUT2D eigenvalue weighted by Crippen LogP contribution is 2.19. The first-order chi connectivity index (χ1) is 9.20. The number of nitrogens with one attached hydrogen (secondary N) is 3. The number of amides is 1. The van der Waals surface area contributed by atoms with Gasteiger partial charge >= 0.3 is 0 Å². The van der Waals surface area contributed by atoms with E-state index in [0.29, 0.717) is 6.54 Å². The molecule has 2 rings (SSSR count). The fraction of sp³-hybridized carbons (Fsp3) is 0.286. The Bertz CT molecular complexity index is 525. The fourth-order valence-electron chi connectivity index (χ4n) is 1.81. The number of carbonyl (C=O) groups excluding carboxylic acids is 1. The Morgan fingerprint density at radius 2 is 2.00 bits per heavy atom. The van der Waals surface area contributed by atoms with Gasteiger partial charge in [0.25, 0.3) is 0 Å². The van der Waals surface area contributed by atoms with Crippen molar-refractivity contribution in [2.24, 2.45) is 5.92 Å². The van der Waals surface area contributed by atoms with E-state index in [9.17, 15) is 4.79 Å². The van der Waals surface area contributed by atoms with Crippen LogP contribution in [0.15, 0.2) is 36.5 Å². The molecule has 1 aromatic heterocycles. The molecule has 1 unspecified atom stereocenters. The van der Waals surface area contributed by atoms with Gasteiger partial charge in [-0.15, -0.1) is 12.4 Å². The SMILES string of the molecule is CNCC(C)C(=O)Nc1ccc(-c2ccn[nH]2)cc1.Cl. The number of aromatic nitrogens is 2. The maximum atomic E-state index is 11.8. The van der Waals surface area contributed by atoms with Crippen LogP contribution in [0.25, 0.3) is 11.3 Å². The quantitative estimate of drug-likeness (QED) is 0.792. The number of halogens is 1. The number of carbonyl (C=O) groups is 1. The van der Waals surface area contributed by atoms with E-state index in [4.69, 9.17) is 0 Å². The number of hydrogen-bond donors (Lipinski definition) is 3. The molecule has 0 aliphatic carbocycles. The van der Waals surface area contributed by atoms with E-state index in [1.807, 2.05) is 44.3 Å². The van der Waals surface area contributed by atoms with Crippen molar-refractivity contribution in [1.82, 2.24) is 15.5 Å². The molecule has 0 spiro atoms. The highest BCUT2D eigenvalue weighted by atomic mass is 35.5. The zero-order chi connectivity index (χ0) is 13.7. The van der Waals surface area contributed by atoms with Crippen LogP contribution >= 0.6 is 12.4 Å². The highest BCUT2D eigenvalue weighted by Gasteiger charge is 2.11. The van der Waals surface area contributed by atoms with Crippen molar-refractivity contribution in [2.45, 2.75) is 6.92 Å². The van der Waals surface area contributed by atoms with Gasteiger partial charge in [0.1, 0.15) is 0 Å². The molecule has 0 saturated heterocycles. The molecule has 1 aromatic carbocycles. The maximum absolute atomic E-state index is 11.8. The summed E-state index contributed by atoms with van der Waals surface area (Å²) in [4.78, 5) is 11.8. The van der Waals surface area contributed by atoms with E-state index >= 15 is 0 Å². The lowest BCUT2D eigenvalue weighted by Crippen LogP contribution is -2.28. The van der Waals surface area contributed by atoms with Crippen molar-refractivity contribution in [3.8, 4) is 11.3 Å². The van der Waals surface area contributed by atoms with Gasteiger partial charge in [-0.05, 0) is 30.8 Å². The lowest BCUT2D eigenvalue weighted by molar-refractivity contribution is -0.119. The first-order valence-corrected chi connectivity index (χ1v) is 6.26. The maximum Gasteiger partial charge on any atom is 0.228 e. The number of H-pyrrole nitrogens is 1. The second kappa shape index (κ2) is 7.67. The Hall–Kier alpha value is -1.85. The lowest BCUT2D eigenvalue weighted by Gasteiger charge is -2.11. The van der Waals surface area contributed by atoms with Gasteiger partial charge in [-0.1, -0.05) is 19.1 Å². The van der Waals surface area contributed by atoms with Crippen LogP contribution in [0.1, 0.15) is 6.92 Å². The van der Waals surface area contributed by atoms with Crippen molar-refractivity contribution in [1.29, 1.82) is 0 Å². The topological polar surface area (TPSA) is 69.8 Å². The zero-order valence-corrected chi connectivity index (χ0v) is 12.3. The Morgan fingerprint density at radius 3 is 2.55 bits per heavy atom. The molecule has 0 aliphatic rings. The number of rotatable bonds is 5. The van der Waals surface area contributed by atoms with Crippen molar-refractivity contribution in [3.05, 3.63) is 36.5 Å². The minimum Gasteiger partial charge on any atom is -0.326 e. The standard InChI is InChI=1S/C14H18N4O.ClH/c1-10(9-15-2)14(19)17-12-5-3-11(4-6-12)13-7-8-16-18-13;/h3-8,10,15H,9H2,1-2H3,(H,16,18)(H,17,19);1H. The summed E-state index contributed by atoms with van der Waals surface area (Å²) in [6.07, 6.45) is 1.71. The van der Waals surface area contributed by atoms with Gasteiger partial charge in [-0.25, -0.2) is 0 Å². The molecule has 3 N–H and O–H groups in total. The largest absolute Gasteiger partial charge is 0.326 e. The summed E-state index contributed by atoms with van der Waals surface area (Å²) in [7, 11) is 1.84. The summed E-state index contributed by atoms with van der Waals surface area (Å²) in [5, 5.41) is 12.7. The van der Waals surface area contributed by atoms with Crippen LogP contribution in [0.4, 0.5) is 5.69 Å². The number of aromatic amines is 1. The molecule has 1 amide bonds. The Labute approximate surface area is 124 Å². The molecule has 1 atom stereocenters. The molecule has 2 aromatic rings. The van der Waals surface area contributed by atoms with E-state index < -0.39 is 0 Å². The molecular weight excluding hydrogens is 276 g/mol. The zero-order valence-electron chi connectivity index (χ0n) is 11.5. The van der Waals surface area contributed by atoms with Crippen molar-refractivity contribution in [2.75, 3.05) is 18.9 Å². The minimum atomic E-state index is -0.0581. The highest BCUT2D eigenvalue weighted by molar-refractivity contribution is 5.92. The number of nitrogens with zero attached hydrogens (tertiary/aromatic N) is 1. The molecule has 0 aliphatic heterocycles. The van der Waals surface area contributed by atoms with Crippen LogP contribution in [-0.4, -0.2) is 29.7 Å². The minimum absolute atomic E-state index is 0.